The Labute approximate surface area is 149 Å². The van der Waals surface area contributed by atoms with Gasteiger partial charge in [0, 0.05) is 37.8 Å². The molecule has 2 fully saturated rings. The molecule has 2 aromatic rings. The predicted molar refractivity (Wildman–Crippen MR) is 98.9 cm³/mol. The second-order valence-corrected chi connectivity index (χ2v) is 7.22. The van der Waals surface area contributed by atoms with Crippen molar-refractivity contribution in [2.45, 2.75) is 31.5 Å². The highest BCUT2D eigenvalue weighted by Gasteiger charge is 2.29. The smallest absolute Gasteiger partial charge is 0.127 e. The Morgan fingerprint density at radius 1 is 1.08 bits per heavy atom. The summed E-state index contributed by atoms with van der Waals surface area (Å²) in [4.78, 5) is 9.23. The van der Waals surface area contributed by atoms with Gasteiger partial charge in [0.25, 0.3) is 0 Å². The number of aliphatic hydroxyl groups is 1. The molecular formula is C20H27N3O2. The molecule has 0 aliphatic carbocycles. The van der Waals surface area contributed by atoms with Gasteiger partial charge < -0.3 is 14.7 Å². The molecule has 2 aliphatic rings. The molecular weight excluding hydrogens is 314 g/mol. The summed E-state index contributed by atoms with van der Waals surface area (Å²) in [5, 5.41) is 11.6. The number of β-amino-alcohol motifs (C(OH)–C–C–N with tert-alkyl or cyclic N) is 1. The molecule has 4 rings (SSSR count). The number of aromatic nitrogens is 1. The van der Waals surface area contributed by atoms with Crippen LogP contribution in [0.1, 0.15) is 19.3 Å². The summed E-state index contributed by atoms with van der Waals surface area (Å²) in [5.74, 6) is 0.815. The van der Waals surface area contributed by atoms with Crippen molar-refractivity contribution in [1.29, 1.82) is 0 Å². The van der Waals surface area contributed by atoms with Crippen molar-refractivity contribution in [3.63, 3.8) is 0 Å². The molecule has 5 nitrogen and oxygen atoms in total. The molecule has 25 heavy (non-hydrogen) atoms. The average molecular weight is 341 g/mol. The minimum atomic E-state index is -0.433. The number of fused-ring (bicyclic) bond motifs is 1. The van der Waals surface area contributed by atoms with E-state index in [-0.39, 0.29) is 6.10 Å². The van der Waals surface area contributed by atoms with Gasteiger partial charge in [0.05, 0.1) is 5.52 Å². The first kappa shape index (κ1) is 16.8. The normalized spacial score (nSPS) is 25.5. The van der Waals surface area contributed by atoms with Crippen LogP contribution in [0.15, 0.2) is 36.5 Å². The van der Waals surface area contributed by atoms with Crippen molar-refractivity contribution in [1.82, 2.24) is 14.8 Å². The number of piperidine rings is 1. The van der Waals surface area contributed by atoms with Gasteiger partial charge in [-0.05, 0) is 56.6 Å². The lowest BCUT2D eigenvalue weighted by Crippen LogP contribution is -2.50. The van der Waals surface area contributed by atoms with E-state index >= 15 is 0 Å². The van der Waals surface area contributed by atoms with Crippen LogP contribution in [-0.4, -0.2) is 71.4 Å². The number of ether oxygens (including phenoxy) is 1. The minimum Gasteiger partial charge on any atom is -0.488 e. The molecule has 5 heteroatoms. The lowest BCUT2D eigenvalue weighted by Gasteiger charge is -2.36. The van der Waals surface area contributed by atoms with E-state index in [1.54, 1.807) is 6.20 Å². The van der Waals surface area contributed by atoms with E-state index < -0.39 is 6.10 Å². The fourth-order valence-electron chi connectivity index (χ4n) is 3.91. The van der Waals surface area contributed by atoms with Crippen LogP contribution in [0.5, 0.6) is 5.75 Å². The number of aliphatic hydroxyl groups excluding tert-OH is 1. The second-order valence-electron chi connectivity index (χ2n) is 7.22. The van der Waals surface area contributed by atoms with Crippen LogP contribution in [-0.2, 0) is 0 Å². The van der Waals surface area contributed by atoms with E-state index in [1.807, 2.05) is 30.3 Å². The van der Waals surface area contributed by atoms with Crippen molar-refractivity contribution in [3.8, 4) is 5.75 Å². The zero-order valence-electron chi connectivity index (χ0n) is 14.7. The standard InChI is InChI=1S/C20H27N3O2/c24-19-15-23(13-12-22-9-1-2-10-22)11-7-20(19)25-17-5-6-18-16(14-17)4-3-8-21-18/h3-6,8,14,19-20,24H,1-2,7,9-13,15H2/t19-,20-/m1/s1. The number of hydrogen-bond donors (Lipinski definition) is 1. The summed E-state index contributed by atoms with van der Waals surface area (Å²) in [7, 11) is 0. The Morgan fingerprint density at radius 2 is 1.92 bits per heavy atom. The van der Waals surface area contributed by atoms with Crippen LogP contribution < -0.4 is 4.74 Å². The van der Waals surface area contributed by atoms with Crippen LogP contribution in [0.3, 0.4) is 0 Å². The maximum absolute atomic E-state index is 10.5. The van der Waals surface area contributed by atoms with E-state index in [9.17, 15) is 5.11 Å². The number of rotatable bonds is 5. The number of hydrogen-bond acceptors (Lipinski definition) is 5. The fraction of sp³-hybridized carbons (Fsp3) is 0.550. The first-order chi connectivity index (χ1) is 12.3. The third-order valence-corrected chi connectivity index (χ3v) is 5.40. The van der Waals surface area contributed by atoms with Crippen LogP contribution >= 0.6 is 0 Å². The zero-order chi connectivity index (χ0) is 17.1. The van der Waals surface area contributed by atoms with Crippen LogP contribution in [0.25, 0.3) is 10.9 Å². The highest BCUT2D eigenvalue weighted by molar-refractivity contribution is 5.79. The first-order valence-electron chi connectivity index (χ1n) is 9.42. The summed E-state index contributed by atoms with van der Waals surface area (Å²) in [6, 6.07) is 9.89. The van der Waals surface area contributed by atoms with Gasteiger partial charge in [-0.15, -0.1) is 0 Å². The van der Waals surface area contributed by atoms with Crippen LogP contribution in [0.4, 0.5) is 0 Å². The summed E-state index contributed by atoms with van der Waals surface area (Å²) in [5.41, 5.74) is 0.965. The van der Waals surface area contributed by atoms with Crippen molar-refractivity contribution < 1.29 is 9.84 Å². The lowest BCUT2D eigenvalue weighted by atomic mass is 10.0. The Morgan fingerprint density at radius 3 is 2.76 bits per heavy atom. The number of benzene rings is 1. The highest BCUT2D eigenvalue weighted by Crippen LogP contribution is 2.23. The molecule has 2 atom stereocenters. The fourth-order valence-corrected chi connectivity index (χ4v) is 3.91. The molecule has 0 radical (unpaired) electrons. The number of nitrogens with zero attached hydrogens (tertiary/aromatic N) is 3. The Balaban J connectivity index is 1.31. The number of likely N-dealkylation sites (tertiary alicyclic amines) is 2. The van der Waals surface area contributed by atoms with Gasteiger partial charge in [0.2, 0.25) is 0 Å². The maximum Gasteiger partial charge on any atom is 0.127 e. The summed E-state index contributed by atoms with van der Waals surface area (Å²) < 4.78 is 6.09. The molecule has 0 spiro atoms. The minimum absolute atomic E-state index is 0.128. The monoisotopic (exact) mass is 341 g/mol. The quantitative estimate of drug-likeness (QED) is 0.903. The summed E-state index contributed by atoms with van der Waals surface area (Å²) in [6.45, 7) is 6.33. The molecule has 2 saturated heterocycles. The van der Waals surface area contributed by atoms with E-state index in [0.717, 1.165) is 42.7 Å². The topological polar surface area (TPSA) is 48.8 Å². The Hall–Kier alpha value is -1.69. The highest BCUT2D eigenvalue weighted by atomic mass is 16.5. The molecule has 0 bridgehead atoms. The lowest BCUT2D eigenvalue weighted by molar-refractivity contribution is -0.0265. The molecule has 0 amide bonds. The van der Waals surface area contributed by atoms with Gasteiger partial charge in [-0.2, -0.15) is 0 Å². The van der Waals surface area contributed by atoms with Gasteiger partial charge in [0.1, 0.15) is 18.0 Å². The Kier molecular flexibility index (Phi) is 5.15. The molecule has 0 unspecified atom stereocenters. The van der Waals surface area contributed by atoms with Gasteiger partial charge in [-0.25, -0.2) is 0 Å². The van der Waals surface area contributed by atoms with Gasteiger partial charge in [-0.3, -0.25) is 9.88 Å². The molecule has 3 heterocycles. The SMILES string of the molecule is O[C@@H]1CN(CCN2CCCC2)CC[C@H]1Oc1ccc2ncccc2c1. The Bertz CT molecular complexity index is 702. The predicted octanol–water partition coefficient (Wildman–Crippen LogP) is 2.14. The van der Waals surface area contributed by atoms with Gasteiger partial charge in [-0.1, -0.05) is 6.07 Å². The van der Waals surface area contributed by atoms with Gasteiger partial charge >= 0.3 is 0 Å². The van der Waals surface area contributed by atoms with Crippen LogP contribution in [0, 0.1) is 0 Å². The number of pyridine rings is 1. The second kappa shape index (κ2) is 7.68. The summed E-state index contributed by atoms with van der Waals surface area (Å²) in [6.07, 6.45) is 4.77. The van der Waals surface area contributed by atoms with Crippen molar-refractivity contribution in [3.05, 3.63) is 36.5 Å². The molecule has 134 valence electrons. The van der Waals surface area contributed by atoms with E-state index in [1.165, 1.54) is 25.9 Å². The molecule has 2 aliphatic heterocycles. The largest absolute Gasteiger partial charge is 0.488 e. The third-order valence-electron chi connectivity index (χ3n) is 5.40. The molecule has 1 aromatic heterocycles. The van der Waals surface area contributed by atoms with E-state index in [0.29, 0.717) is 6.54 Å². The average Bonchev–Trinajstić information content (AvgIpc) is 3.15. The summed E-state index contributed by atoms with van der Waals surface area (Å²) >= 11 is 0. The zero-order valence-corrected chi connectivity index (χ0v) is 14.7. The van der Waals surface area contributed by atoms with Crippen LogP contribution in [0.2, 0.25) is 0 Å². The van der Waals surface area contributed by atoms with Gasteiger partial charge in [0.15, 0.2) is 0 Å². The van der Waals surface area contributed by atoms with Crippen molar-refractivity contribution >= 4 is 10.9 Å². The molecule has 1 aromatic carbocycles. The first-order valence-corrected chi connectivity index (χ1v) is 9.42. The molecule has 1 N–H and O–H groups in total. The van der Waals surface area contributed by atoms with E-state index in [2.05, 4.69) is 14.8 Å². The molecule has 0 saturated carbocycles. The third kappa shape index (κ3) is 4.11. The van der Waals surface area contributed by atoms with Crippen molar-refractivity contribution in [2.75, 3.05) is 39.3 Å². The van der Waals surface area contributed by atoms with Crippen molar-refractivity contribution in [2.24, 2.45) is 0 Å². The van der Waals surface area contributed by atoms with E-state index in [4.69, 9.17) is 4.74 Å². The maximum atomic E-state index is 10.5.